The molecule has 0 saturated carbocycles. The summed E-state index contributed by atoms with van der Waals surface area (Å²) in [7, 11) is 1.70. The summed E-state index contributed by atoms with van der Waals surface area (Å²) in [6, 6.07) is 26.9. The molecule has 1 aliphatic rings. The summed E-state index contributed by atoms with van der Waals surface area (Å²) < 4.78 is 12.1. The average molecular weight is 459 g/mol. The Kier molecular flexibility index (Phi) is 4.89. The smallest absolute Gasteiger partial charge is 0.339 e. The summed E-state index contributed by atoms with van der Waals surface area (Å²) in [6.07, 6.45) is -0.485. The van der Waals surface area contributed by atoms with Gasteiger partial charge in [0.15, 0.2) is 6.10 Å². The highest BCUT2D eigenvalue weighted by Crippen LogP contribution is 2.50. The first-order valence-electron chi connectivity index (χ1n) is 11.9. The maximum absolute atomic E-state index is 13.3. The molecule has 0 spiro atoms. The van der Waals surface area contributed by atoms with Crippen molar-refractivity contribution in [2.45, 2.75) is 26.9 Å². The maximum Gasteiger partial charge on any atom is 0.339 e. The van der Waals surface area contributed by atoms with Gasteiger partial charge in [0, 0.05) is 22.3 Å². The minimum Gasteiger partial charge on any atom is -0.496 e. The van der Waals surface area contributed by atoms with Crippen LogP contribution in [0.1, 0.15) is 44.3 Å². The summed E-state index contributed by atoms with van der Waals surface area (Å²) in [5, 5.41) is 4.29. The Morgan fingerprint density at radius 3 is 2.03 bits per heavy atom. The van der Waals surface area contributed by atoms with Gasteiger partial charge < -0.3 is 9.47 Å². The second-order valence-corrected chi connectivity index (χ2v) is 9.40. The Morgan fingerprint density at radius 1 is 0.714 bits per heavy atom. The van der Waals surface area contributed by atoms with Gasteiger partial charge in [-0.15, -0.1) is 0 Å². The Balaban J connectivity index is 1.80. The zero-order valence-corrected chi connectivity index (χ0v) is 20.3. The van der Waals surface area contributed by atoms with E-state index in [1.54, 1.807) is 7.11 Å². The fourth-order valence-electron chi connectivity index (χ4n) is 5.79. The lowest BCUT2D eigenvalue weighted by atomic mass is 9.82. The lowest BCUT2D eigenvalue weighted by Crippen LogP contribution is -2.07. The van der Waals surface area contributed by atoms with E-state index in [0.717, 1.165) is 60.7 Å². The Hall–Kier alpha value is -4.11. The standard InChI is InChI=1S/C32H26O3/c1-18-15-19(2)27(20(3)16-18)31-30-25(32(33)35-31)17-22-10-6-8-12-24(22)29(30)28-23-11-7-5-9-21(23)13-14-26(28)34-4/h5-17,31H,1-4H3/t31-/m1/s1. The third-order valence-corrected chi connectivity index (χ3v) is 7.16. The normalized spacial score (nSPS) is 14.9. The molecule has 0 aliphatic carbocycles. The molecule has 172 valence electrons. The number of cyclic esters (lactones) is 1. The van der Waals surface area contributed by atoms with Gasteiger partial charge in [0.2, 0.25) is 0 Å². The zero-order chi connectivity index (χ0) is 24.3. The van der Waals surface area contributed by atoms with Gasteiger partial charge in [-0.2, -0.15) is 0 Å². The highest BCUT2D eigenvalue weighted by molar-refractivity contribution is 6.13. The molecule has 0 unspecified atom stereocenters. The Bertz CT molecular complexity index is 1640. The van der Waals surface area contributed by atoms with Crippen molar-refractivity contribution in [3.63, 3.8) is 0 Å². The molecule has 0 radical (unpaired) electrons. The molecule has 5 aromatic rings. The number of fused-ring (bicyclic) bond motifs is 3. The number of ether oxygens (including phenoxy) is 2. The summed E-state index contributed by atoms with van der Waals surface area (Å²) in [5.74, 6) is 0.494. The Labute approximate surface area is 204 Å². The van der Waals surface area contributed by atoms with Crippen LogP contribution in [0.15, 0.2) is 78.9 Å². The van der Waals surface area contributed by atoms with Crippen LogP contribution < -0.4 is 4.74 Å². The number of benzene rings is 5. The van der Waals surface area contributed by atoms with Gasteiger partial charge in [-0.3, -0.25) is 0 Å². The lowest BCUT2D eigenvalue weighted by Gasteiger charge is -2.22. The van der Waals surface area contributed by atoms with E-state index in [4.69, 9.17) is 9.47 Å². The number of carbonyl (C=O) groups excluding carboxylic acids is 1. The van der Waals surface area contributed by atoms with Crippen molar-refractivity contribution < 1.29 is 14.3 Å². The molecule has 1 aliphatic heterocycles. The van der Waals surface area contributed by atoms with E-state index in [1.165, 1.54) is 5.56 Å². The van der Waals surface area contributed by atoms with E-state index in [-0.39, 0.29) is 5.97 Å². The Morgan fingerprint density at radius 2 is 1.34 bits per heavy atom. The van der Waals surface area contributed by atoms with Crippen LogP contribution in [0, 0.1) is 20.8 Å². The lowest BCUT2D eigenvalue weighted by molar-refractivity contribution is 0.0455. The van der Waals surface area contributed by atoms with Crippen molar-refractivity contribution >= 4 is 27.5 Å². The highest BCUT2D eigenvalue weighted by atomic mass is 16.5. The van der Waals surface area contributed by atoms with Crippen molar-refractivity contribution in [1.29, 1.82) is 0 Å². The van der Waals surface area contributed by atoms with E-state index in [1.807, 2.05) is 36.4 Å². The molecule has 0 N–H and O–H groups in total. The zero-order valence-electron chi connectivity index (χ0n) is 20.3. The second kappa shape index (κ2) is 7.99. The molecule has 1 heterocycles. The predicted octanol–water partition coefficient (Wildman–Crippen LogP) is 7.85. The molecule has 6 rings (SSSR count). The van der Waals surface area contributed by atoms with Crippen molar-refractivity contribution in [3.8, 4) is 16.9 Å². The van der Waals surface area contributed by atoms with E-state index < -0.39 is 6.10 Å². The first-order valence-corrected chi connectivity index (χ1v) is 11.9. The fourth-order valence-corrected chi connectivity index (χ4v) is 5.79. The third-order valence-electron chi connectivity index (χ3n) is 7.16. The minimum atomic E-state index is -0.485. The van der Waals surface area contributed by atoms with E-state index in [9.17, 15) is 4.79 Å². The van der Waals surface area contributed by atoms with Gasteiger partial charge in [-0.05, 0) is 65.6 Å². The van der Waals surface area contributed by atoms with E-state index >= 15 is 0 Å². The molecular formula is C32H26O3. The SMILES string of the molecule is COc1ccc2ccccc2c1-c1c2c(cc3ccccc13)C(=O)O[C@@H]2c1c(C)cc(C)cc1C. The largest absolute Gasteiger partial charge is 0.496 e. The van der Waals surface area contributed by atoms with Gasteiger partial charge in [0.1, 0.15) is 5.75 Å². The quantitative estimate of drug-likeness (QED) is 0.258. The first-order chi connectivity index (χ1) is 17.0. The molecule has 0 saturated heterocycles. The molecule has 1 atom stereocenters. The maximum atomic E-state index is 13.3. The van der Waals surface area contributed by atoms with E-state index in [2.05, 4.69) is 63.2 Å². The van der Waals surface area contributed by atoms with Crippen LogP contribution in [0.2, 0.25) is 0 Å². The number of hydrogen-bond donors (Lipinski definition) is 0. The molecule has 0 aromatic heterocycles. The number of rotatable bonds is 3. The van der Waals surface area contributed by atoms with Gasteiger partial charge >= 0.3 is 5.97 Å². The van der Waals surface area contributed by atoms with Crippen molar-refractivity contribution in [2.75, 3.05) is 7.11 Å². The molecule has 3 nitrogen and oxygen atoms in total. The molecule has 0 bridgehead atoms. The summed E-state index contributed by atoms with van der Waals surface area (Å²) >= 11 is 0. The van der Waals surface area contributed by atoms with Gasteiger partial charge in [0.25, 0.3) is 0 Å². The van der Waals surface area contributed by atoms with E-state index in [0.29, 0.717) is 5.56 Å². The monoisotopic (exact) mass is 458 g/mol. The number of hydrogen-bond acceptors (Lipinski definition) is 3. The number of aryl methyl sites for hydroxylation is 3. The van der Waals surface area contributed by atoms with Gasteiger partial charge in [-0.1, -0.05) is 72.3 Å². The minimum absolute atomic E-state index is 0.282. The van der Waals surface area contributed by atoms with Crippen LogP contribution in [0.5, 0.6) is 5.75 Å². The molecule has 0 amide bonds. The first kappa shape index (κ1) is 21.4. The molecule has 3 heteroatoms. The third kappa shape index (κ3) is 3.23. The topological polar surface area (TPSA) is 35.5 Å². The summed E-state index contributed by atoms with van der Waals surface area (Å²) in [5.41, 5.74) is 8.03. The summed E-state index contributed by atoms with van der Waals surface area (Å²) in [4.78, 5) is 13.3. The summed E-state index contributed by atoms with van der Waals surface area (Å²) in [6.45, 7) is 6.29. The number of esters is 1. The molecule has 0 fully saturated rings. The molecule has 5 aromatic carbocycles. The number of methoxy groups -OCH3 is 1. The number of carbonyl (C=O) groups is 1. The van der Waals surface area contributed by atoms with Crippen molar-refractivity contribution in [3.05, 3.63) is 112 Å². The van der Waals surface area contributed by atoms with Crippen LogP contribution >= 0.6 is 0 Å². The van der Waals surface area contributed by atoms with Crippen LogP contribution in [-0.4, -0.2) is 13.1 Å². The molecular weight excluding hydrogens is 432 g/mol. The fraction of sp³-hybridized carbons (Fsp3) is 0.156. The van der Waals surface area contributed by atoms with Crippen LogP contribution in [0.3, 0.4) is 0 Å². The molecule has 35 heavy (non-hydrogen) atoms. The van der Waals surface area contributed by atoms with Crippen molar-refractivity contribution in [2.24, 2.45) is 0 Å². The second-order valence-electron chi connectivity index (χ2n) is 9.40. The van der Waals surface area contributed by atoms with Crippen LogP contribution in [0.25, 0.3) is 32.7 Å². The van der Waals surface area contributed by atoms with Crippen molar-refractivity contribution in [1.82, 2.24) is 0 Å². The van der Waals surface area contributed by atoms with Gasteiger partial charge in [0.05, 0.1) is 12.7 Å². The van der Waals surface area contributed by atoms with Crippen LogP contribution in [-0.2, 0) is 4.74 Å². The highest BCUT2D eigenvalue weighted by Gasteiger charge is 2.38. The van der Waals surface area contributed by atoms with Gasteiger partial charge in [-0.25, -0.2) is 4.79 Å². The average Bonchev–Trinajstić information content (AvgIpc) is 3.17. The van der Waals surface area contributed by atoms with Crippen LogP contribution in [0.4, 0.5) is 0 Å². The predicted molar refractivity (Wildman–Crippen MR) is 141 cm³/mol.